The lowest BCUT2D eigenvalue weighted by atomic mass is 10.2. The van der Waals surface area contributed by atoms with Crippen LogP contribution in [0.3, 0.4) is 0 Å². The lowest BCUT2D eigenvalue weighted by molar-refractivity contribution is 0.0986. The van der Waals surface area contributed by atoms with Gasteiger partial charge in [-0.2, -0.15) is 0 Å². The topological polar surface area (TPSA) is 52.5 Å². The predicted octanol–water partition coefficient (Wildman–Crippen LogP) is 1.38. The maximum atomic E-state index is 10.4. The van der Waals surface area contributed by atoms with Crippen molar-refractivity contribution >= 4 is 5.82 Å². The van der Waals surface area contributed by atoms with Crippen LogP contribution in [0.4, 0.5) is 5.82 Å². The van der Waals surface area contributed by atoms with Crippen LogP contribution in [0.2, 0.25) is 0 Å². The molecule has 2 saturated heterocycles. The number of aliphatic hydroxyl groups is 1. The van der Waals surface area contributed by atoms with Gasteiger partial charge >= 0.3 is 0 Å². The van der Waals surface area contributed by atoms with E-state index in [1.807, 2.05) is 13.0 Å². The summed E-state index contributed by atoms with van der Waals surface area (Å²) in [5, 5.41) is 10.4. The van der Waals surface area contributed by atoms with Gasteiger partial charge in [-0.05, 0) is 39.3 Å². The number of aliphatic hydroxyl groups excluding tert-OH is 1. The normalized spacial score (nSPS) is 26.7. The third-order valence-electron chi connectivity index (χ3n) is 4.55. The number of hydrogen-bond donors (Lipinski definition) is 1. The van der Waals surface area contributed by atoms with Crippen LogP contribution in [0.5, 0.6) is 0 Å². The van der Waals surface area contributed by atoms with Crippen molar-refractivity contribution < 1.29 is 5.11 Å². The first-order valence-corrected chi connectivity index (χ1v) is 8.19. The van der Waals surface area contributed by atoms with E-state index < -0.39 is 0 Å². The molecule has 0 unspecified atom stereocenters. The van der Waals surface area contributed by atoms with Crippen LogP contribution in [-0.2, 0) is 6.42 Å². The van der Waals surface area contributed by atoms with Gasteiger partial charge in [-0.15, -0.1) is 0 Å². The fourth-order valence-corrected chi connectivity index (χ4v) is 3.50. The lowest BCUT2D eigenvalue weighted by Gasteiger charge is -2.25. The molecule has 0 aromatic carbocycles. The molecule has 2 fully saturated rings. The second-order valence-electron chi connectivity index (χ2n) is 6.32. The summed E-state index contributed by atoms with van der Waals surface area (Å²) in [4.78, 5) is 13.8. The first-order valence-electron chi connectivity index (χ1n) is 8.19. The van der Waals surface area contributed by atoms with Gasteiger partial charge < -0.3 is 10.0 Å². The zero-order valence-corrected chi connectivity index (χ0v) is 13.1. The summed E-state index contributed by atoms with van der Waals surface area (Å²) >= 11 is 0. The van der Waals surface area contributed by atoms with Crippen molar-refractivity contribution in [3.05, 3.63) is 17.6 Å². The Labute approximate surface area is 127 Å². The highest BCUT2D eigenvalue weighted by Gasteiger charge is 2.37. The van der Waals surface area contributed by atoms with Gasteiger partial charge in [0.1, 0.15) is 11.6 Å². The molecule has 0 saturated carbocycles. The van der Waals surface area contributed by atoms with Crippen LogP contribution in [-0.4, -0.2) is 58.3 Å². The van der Waals surface area contributed by atoms with Gasteiger partial charge in [-0.1, -0.05) is 6.92 Å². The van der Waals surface area contributed by atoms with E-state index in [-0.39, 0.29) is 12.1 Å². The first kappa shape index (κ1) is 14.7. The number of rotatable bonds is 4. The van der Waals surface area contributed by atoms with Crippen molar-refractivity contribution in [3.63, 3.8) is 0 Å². The molecule has 0 bridgehead atoms. The highest BCUT2D eigenvalue weighted by Crippen LogP contribution is 2.25. The highest BCUT2D eigenvalue weighted by molar-refractivity contribution is 5.42. The molecule has 0 spiro atoms. The molecule has 1 N–H and O–H groups in total. The molecule has 5 heteroatoms. The summed E-state index contributed by atoms with van der Waals surface area (Å²) in [6.07, 6.45) is 4.23. The molecule has 0 amide bonds. The monoisotopic (exact) mass is 290 g/mol. The van der Waals surface area contributed by atoms with E-state index in [1.165, 1.54) is 12.8 Å². The number of aromatic nitrogens is 2. The Morgan fingerprint density at radius 2 is 2.00 bits per heavy atom. The molecule has 1 aromatic rings. The Hall–Kier alpha value is -1.20. The van der Waals surface area contributed by atoms with Crippen molar-refractivity contribution in [2.45, 2.75) is 51.7 Å². The predicted molar refractivity (Wildman–Crippen MR) is 83.6 cm³/mol. The average molecular weight is 290 g/mol. The number of nitrogens with zero attached hydrogens (tertiary/aromatic N) is 4. The van der Waals surface area contributed by atoms with E-state index in [4.69, 9.17) is 0 Å². The van der Waals surface area contributed by atoms with Crippen LogP contribution >= 0.6 is 0 Å². The van der Waals surface area contributed by atoms with Crippen LogP contribution in [0.25, 0.3) is 0 Å². The fraction of sp³-hybridized carbons (Fsp3) is 0.750. The molecule has 1 aromatic heterocycles. The summed E-state index contributed by atoms with van der Waals surface area (Å²) in [5.74, 6) is 1.90. The van der Waals surface area contributed by atoms with Gasteiger partial charge in [0.15, 0.2) is 0 Å². The zero-order chi connectivity index (χ0) is 14.8. The third kappa shape index (κ3) is 3.19. The SMILES string of the molecule is CCCc1nc(C)cc(N2C[C@H](O)[C@@H](N3CCCC3)C2)n1. The van der Waals surface area contributed by atoms with Gasteiger partial charge in [-0.3, -0.25) is 4.90 Å². The number of likely N-dealkylation sites (tertiary alicyclic amines) is 1. The molecule has 0 aliphatic carbocycles. The van der Waals surface area contributed by atoms with E-state index in [2.05, 4.69) is 26.7 Å². The maximum absolute atomic E-state index is 10.4. The average Bonchev–Trinajstić information content (AvgIpc) is 3.07. The fourth-order valence-electron chi connectivity index (χ4n) is 3.50. The Morgan fingerprint density at radius 1 is 1.24 bits per heavy atom. The second kappa shape index (κ2) is 6.28. The number of β-amino-alcohol motifs (C(OH)–C–C–N with tert-alkyl or cyclic N) is 1. The van der Waals surface area contributed by atoms with Crippen LogP contribution in [0.1, 0.15) is 37.7 Å². The molecule has 116 valence electrons. The summed E-state index contributed by atoms with van der Waals surface area (Å²) in [5.41, 5.74) is 1.02. The lowest BCUT2D eigenvalue weighted by Crippen LogP contribution is -2.41. The Kier molecular flexibility index (Phi) is 4.40. The number of hydrogen-bond acceptors (Lipinski definition) is 5. The Morgan fingerprint density at radius 3 is 2.71 bits per heavy atom. The van der Waals surface area contributed by atoms with E-state index in [0.29, 0.717) is 6.54 Å². The molecule has 3 rings (SSSR count). The molecule has 2 aliphatic heterocycles. The Balaban J connectivity index is 1.75. The Bertz CT molecular complexity index is 487. The molecule has 2 atom stereocenters. The van der Waals surface area contributed by atoms with Gasteiger partial charge in [0.2, 0.25) is 0 Å². The van der Waals surface area contributed by atoms with E-state index in [9.17, 15) is 5.11 Å². The molecule has 0 radical (unpaired) electrons. The van der Waals surface area contributed by atoms with Crippen molar-refractivity contribution in [3.8, 4) is 0 Å². The van der Waals surface area contributed by atoms with Gasteiger partial charge in [-0.25, -0.2) is 9.97 Å². The minimum absolute atomic E-state index is 0.261. The van der Waals surface area contributed by atoms with Gasteiger partial charge in [0.05, 0.1) is 12.1 Å². The second-order valence-corrected chi connectivity index (χ2v) is 6.32. The van der Waals surface area contributed by atoms with Crippen molar-refractivity contribution in [2.75, 3.05) is 31.1 Å². The summed E-state index contributed by atoms with van der Waals surface area (Å²) < 4.78 is 0. The van der Waals surface area contributed by atoms with Crippen molar-refractivity contribution in [1.29, 1.82) is 0 Å². The largest absolute Gasteiger partial charge is 0.390 e. The standard InChI is InChI=1S/C16H26N4O/c1-3-6-15-17-12(2)9-16(18-15)20-10-13(14(21)11-20)19-7-4-5-8-19/h9,13-14,21H,3-8,10-11H2,1-2H3/t13-,14-/m0/s1. The molecule has 5 nitrogen and oxygen atoms in total. The third-order valence-corrected chi connectivity index (χ3v) is 4.55. The van der Waals surface area contributed by atoms with Gasteiger partial charge in [0, 0.05) is 31.3 Å². The minimum atomic E-state index is -0.270. The van der Waals surface area contributed by atoms with Crippen molar-refractivity contribution in [2.24, 2.45) is 0 Å². The maximum Gasteiger partial charge on any atom is 0.132 e. The zero-order valence-electron chi connectivity index (χ0n) is 13.1. The van der Waals surface area contributed by atoms with Crippen molar-refractivity contribution in [1.82, 2.24) is 14.9 Å². The van der Waals surface area contributed by atoms with Crippen LogP contribution in [0.15, 0.2) is 6.07 Å². The van der Waals surface area contributed by atoms with E-state index >= 15 is 0 Å². The molecule has 21 heavy (non-hydrogen) atoms. The minimum Gasteiger partial charge on any atom is -0.390 e. The van der Waals surface area contributed by atoms with E-state index in [1.54, 1.807) is 0 Å². The van der Waals surface area contributed by atoms with E-state index in [0.717, 1.165) is 49.8 Å². The molecule has 2 aliphatic rings. The van der Waals surface area contributed by atoms with Crippen LogP contribution < -0.4 is 4.90 Å². The number of anilines is 1. The van der Waals surface area contributed by atoms with Crippen LogP contribution in [0, 0.1) is 6.92 Å². The summed E-state index contributed by atoms with van der Waals surface area (Å²) in [6, 6.07) is 2.30. The number of aryl methyl sites for hydroxylation is 2. The molecular formula is C16H26N4O. The highest BCUT2D eigenvalue weighted by atomic mass is 16.3. The van der Waals surface area contributed by atoms with Gasteiger partial charge in [0.25, 0.3) is 0 Å². The smallest absolute Gasteiger partial charge is 0.132 e. The quantitative estimate of drug-likeness (QED) is 0.908. The first-order chi connectivity index (χ1) is 10.2. The molecule has 3 heterocycles. The summed E-state index contributed by atoms with van der Waals surface area (Å²) in [6.45, 7) is 7.98. The molecular weight excluding hydrogens is 264 g/mol. The summed E-state index contributed by atoms with van der Waals surface area (Å²) in [7, 11) is 0.